The summed E-state index contributed by atoms with van der Waals surface area (Å²) in [6, 6.07) is 8.58. The molecule has 1 aliphatic rings. The second kappa shape index (κ2) is 7.42. The first-order chi connectivity index (χ1) is 14.3. The smallest absolute Gasteiger partial charge is 0.269 e. The summed E-state index contributed by atoms with van der Waals surface area (Å²) in [5.74, 6) is 6.02. The van der Waals surface area contributed by atoms with Crippen molar-refractivity contribution in [3.63, 3.8) is 0 Å². The molecule has 1 saturated heterocycles. The molecule has 1 aromatic carbocycles. The molecule has 2 aromatic heterocycles. The predicted molar refractivity (Wildman–Crippen MR) is 109 cm³/mol. The highest BCUT2D eigenvalue weighted by Crippen LogP contribution is 2.27. The topological polar surface area (TPSA) is 127 Å². The minimum absolute atomic E-state index is 0.105. The highest BCUT2D eigenvalue weighted by molar-refractivity contribution is 6.04. The van der Waals surface area contributed by atoms with Gasteiger partial charge in [-0.2, -0.15) is 5.10 Å². The van der Waals surface area contributed by atoms with Gasteiger partial charge in [0.1, 0.15) is 12.0 Å². The molecule has 9 heteroatoms. The average molecular weight is 407 g/mol. The first kappa shape index (κ1) is 19.8. The summed E-state index contributed by atoms with van der Waals surface area (Å²) < 4.78 is 6.73. The largest absolute Gasteiger partial charge is 0.497 e. The molecule has 0 aliphatic carbocycles. The zero-order valence-corrected chi connectivity index (χ0v) is 16.5. The van der Waals surface area contributed by atoms with Gasteiger partial charge in [0.2, 0.25) is 0 Å². The maximum atomic E-state index is 11.9. The third-order valence-electron chi connectivity index (χ3n) is 5.20. The van der Waals surface area contributed by atoms with Gasteiger partial charge in [-0.25, -0.2) is 9.67 Å². The molecule has 9 nitrogen and oxygen atoms in total. The third kappa shape index (κ3) is 3.37. The second-order valence-electron chi connectivity index (χ2n) is 7.19. The molecule has 0 radical (unpaired) electrons. The molecule has 1 aliphatic heterocycles. The van der Waals surface area contributed by atoms with Crippen LogP contribution in [0, 0.1) is 11.8 Å². The number of rotatable bonds is 3. The molecule has 2 atom stereocenters. The Kier molecular flexibility index (Phi) is 4.91. The van der Waals surface area contributed by atoms with E-state index < -0.39 is 17.7 Å². The number of primary amides is 1. The average Bonchev–Trinajstić information content (AvgIpc) is 3.26. The minimum atomic E-state index is -1.49. The van der Waals surface area contributed by atoms with E-state index in [2.05, 4.69) is 21.9 Å². The van der Waals surface area contributed by atoms with Gasteiger partial charge in [0.15, 0.2) is 17.1 Å². The lowest BCUT2D eigenvalue weighted by Crippen LogP contribution is -2.42. The van der Waals surface area contributed by atoms with Crippen LogP contribution in [0.2, 0.25) is 0 Å². The Morgan fingerprint density at radius 2 is 2.17 bits per heavy atom. The predicted octanol–water partition coefficient (Wildman–Crippen LogP) is 0.264. The number of benzene rings is 1. The highest BCUT2D eigenvalue weighted by atomic mass is 16.5. The fourth-order valence-electron chi connectivity index (χ4n) is 3.46. The summed E-state index contributed by atoms with van der Waals surface area (Å²) in [4.78, 5) is 17.8. The van der Waals surface area contributed by atoms with Crippen molar-refractivity contribution < 1.29 is 19.7 Å². The summed E-state index contributed by atoms with van der Waals surface area (Å²) in [5, 5.41) is 25.6. The lowest BCUT2D eigenvalue weighted by atomic mass is 10.0. The van der Waals surface area contributed by atoms with E-state index in [1.54, 1.807) is 48.5 Å². The number of carbonyl (C=O) groups is 1. The molecule has 30 heavy (non-hydrogen) atoms. The van der Waals surface area contributed by atoms with Crippen molar-refractivity contribution in [3.8, 4) is 23.4 Å². The Balaban J connectivity index is 1.76. The quantitative estimate of drug-likeness (QED) is 0.532. The number of amides is 1. The standard InChI is InChI=1S/C21H21N5O4/c1-25-10-8-21(29,20(25)28)7-5-13-6-9-23-17(11-13)26-16-4-3-14(30-2)12-15(16)18(24-26)19(22)27/h3-4,6,9,11-12,20,28-29H,8,10H2,1-2H3,(H2,22,27). The lowest BCUT2D eigenvalue weighted by molar-refractivity contribution is -0.0633. The van der Waals surface area contributed by atoms with Gasteiger partial charge in [0.05, 0.1) is 12.6 Å². The maximum Gasteiger partial charge on any atom is 0.269 e. The molecular weight excluding hydrogens is 386 g/mol. The van der Waals surface area contributed by atoms with Crippen molar-refractivity contribution in [1.29, 1.82) is 0 Å². The molecule has 0 saturated carbocycles. The summed E-state index contributed by atoms with van der Waals surface area (Å²) in [7, 11) is 3.26. The van der Waals surface area contributed by atoms with Crippen molar-refractivity contribution in [3.05, 3.63) is 47.8 Å². The van der Waals surface area contributed by atoms with E-state index in [9.17, 15) is 15.0 Å². The first-order valence-electron chi connectivity index (χ1n) is 9.29. The fraction of sp³-hybridized carbons (Fsp3) is 0.286. The van der Waals surface area contributed by atoms with Crippen molar-refractivity contribution in [2.24, 2.45) is 5.73 Å². The molecule has 4 N–H and O–H groups in total. The van der Waals surface area contributed by atoms with Crippen LogP contribution in [0.5, 0.6) is 5.75 Å². The number of aromatic nitrogens is 3. The maximum absolute atomic E-state index is 11.9. The van der Waals surface area contributed by atoms with E-state index in [0.29, 0.717) is 41.0 Å². The molecule has 3 heterocycles. The molecular formula is C21H21N5O4. The Morgan fingerprint density at radius 3 is 2.83 bits per heavy atom. The van der Waals surface area contributed by atoms with Gasteiger partial charge in [0, 0.05) is 30.1 Å². The molecule has 0 bridgehead atoms. The van der Waals surface area contributed by atoms with Crippen molar-refractivity contribution in [1.82, 2.24) is 19.7 Å². The van der Waals surface area contributed by atoms with Crippen LogP contribution in [0.4, 0.5) is 0 Å². The van der Waals surface area contributed by atoms with Crippen LogP contribution in [0.1, 0.15) is 22.5 Å². The number of likely N-dealkylation sites (tertiary alicyclic amines) is 1. The van der Waals surface area contributed by atoms with Crippen LogP contribution in [-0.2, 0) is 0 Å². The number of hydrogen-bond donors (Lipinski definition) is 3. The van der Waals surface area contributed by atoms with E-state index in [1.165, 1.54) is 11.8 Å². The zero-order valence-electron chi connectivity index (χ0n) is 16.5. The van der Waals surface area contributed by atoms with E-state index in [-0.39, 0.29) is 5.69 Å². The third-order valence-corrected chi connectivity index (χ3v) is 5.20. The van der Waals surface area contributed by atoms with Crippen molar-refractivity contribution in [2.45, 2.75) is 18.2 Å². The van der Waals surface area contributed by atoms with Crippen LogP contribution in [-0.4, -0.2) is 68.3 Å². The number of carbonyl (C=O) groups excluding carboxylic acids is 1. The van der Waals surface area contributed by atoms with Crippen LogP contribution in [0.25, 0.3) is 16.7 Å². The number of pyridine rings is 1. The fourth-order valence-corrected chi connectivity index (χ4v) is 3.46. The number of aliphatic hydroxyl groups is 2. The van der Waals surface area contributed by atoms with E-state index in [4.69, 9.17) is 10.5 Å². The van der Waals surface area contributed by atoms with E-state index in [1.807, 2.05) is 0 Å². The van der Waals surface area contributed by atoms with E-state index in [0.717, 1.165) is 0 Å². The molecule has 0 spiro atoms. The SMILES string of the molecule is COc1ccc2c(c1)c(C(N)=O)nn2-c1cc(C#CC2(O)CCN(C)C2O)ccn1. The molecule has 3 aromatic rings. The zero-order chi connectivity index (χ0) is 21.5. The summed E-state index contributed by atoms with van der Waals surface area (Å²) >= 11 is 0. The Hall–Kier alpha value is -3.45. The second-order valence-corrected chi connectivity index (χ2v) is 7.19. The Labute approximate surface area is 172 Å². The molecule has 1 fully saturated rings. The van der Waals surface area contributed by atoms with Gasteiger partial charge in [-0.15, -0.1) is 0 Å². The molecule has 4 rings (SSSR count). The Bertz CT molecular complexity index is 1200. The molecule has 2 unspecified atom stereocenters. The molecule has 1 amide bonds. The van der Waals surface area contributed by atoms with Gasteiger partial charge in [-0.3, -0.25) is 9.69 Å². The number of ether oxygens (including phenoxy) is 1. The van der Waals surface area contributed by atoms with Crippen molar-refractivity contribution >= 4 is 16.8 Å². The van der Waals surface area contributed by atoms with Gasteiger partial charge in [-0.05, 0) is 37.4 Å². The van der Waals surface area contributed by atoms with Gasteiger partial charge in [0.25, 0.3) is 5.91 Å². The van der Waals surface area contributed by atoms with Crippen molar-refractivity contribution in [2.75, 3.05) is 20.7 Å². The first-order valence-corrected chi connectivity index (χ1v) is 9.29. The normalized spacial score (nSPS) is 21.4. The summed E-state index contributed by atoms with van der Waals surface area (Å²) in [6.45, 7) is 0.548. The number of likely N-dealkylation sites (N-methyl/N-ethyl adjacent to an activating group) is 1. The lowest BCUT2D eigenvalue weighted by Gasteiger charge is -2.22. The van der Waals surface area contributed by atoms with Gasteiger partial charge >= 0.3 is 0 Å². The number of hydrogen-bond acceptors (Lipinski definition) is 7. The number of nitrogens with zero attached hydrogens (tertiary/aromatic N) is 4. The number of fused-ring (bicyclic) bond motifs is 1. The van der Waals surface area contributed by atoms with Crippen LogP contribution in [0.15, 0.2) is 36.5 Å². The monoisotopic (exact) mass is 407 g/mol. The van der Waals surface area contributed by atoms with Crippen LogP contribution in [0.3, 0.4) is 0 Å². The Morgan fingerprint density at radius 1 is 1.37 bits per heavy atom. The van der Waals surface area contributed by atoms with Crippen LogP contribution >= 0.6 is 0 Å². The number of aliphatic hydroxyl groups excluding tert-OH is 1. The number of methoxy groups -OCH3 is 1. The van der Waals surface area contributed by atoms with Gasteiger partial charge < -0.3 is 20.7 Å². The summed E-state index contributed by atoms with van der Waals surface area (Å²) in [6.07, 6.45) is 0.861. The highest BCUT2D eigenvalue weighted by Gasteiger charge is 2.42. The van der Waals surface area contributed by atoms with Crippen LogP contribution < -0.4 is 10.5 Å². The molecule has 154 valence electrons. The van der Waals surface area contributed by atoms with E-state index >= 15 is 0 Å². The minimum Gasteiger partial charge on any atom is -0.497 e. The summed E-state index contributed by atoms with van der Waals surface area (Å²) in [5.41, 5.74) is 5.32. The number of nitrogens with two attached hydrogens (primary N) is 1. The van der Waals surface area contributed by atoms with Gasteiger partial charge in [-0.1, -0.05) is 11.8 Å².